The van der Waals surface area contributed by atoms with Crippen LogP contribution in [0.5, 0.6) is 5.75 Å². The number of hydrogen-bond donors (Lipinski definition) is 2. The fraction of sp³-hybridized carbons (Fsp3) is 0.300. The topological polar surface area (TPSA) is 135 Å². The van der Waals surface area contributed by atoms with Gasteiger partial charge in [-0.05, 0) is 17.7 Å². The Kier molecular flexibility index (Phi) is 6.03. The first-order chi connectivity index (χ1) is 14.4. The Bertz CT molecular complexity index is 1030. The average Bonchev–Trinajstić information content (AvgIpc) is 3.08. The van der Waals surface area contributed by atoms with Crippen molar-refractivity contribution in [2.75, 3.05) is 21.3 Å². The maximum atomic E-state index is 13.0. The van der Waals surface area contributed by atoms with Gasteiger partial charge in [-0.25, -0.2) is 0 Å². The first-order valence-electron chi connectivity index (χ1n) is 8.95. The summed E-state index contributed by atoms with van der Waals surface area (Å²) < 4.78 is 9.94. The van der Waals surface area contributed by atoms with Crippen LogP contribution in [0.4, 0.5) is 0 Å². The van der Waals surface area contributed by atoms with Crippen molar-refractivity contribution in [3.8, 4) is 11.8 Å². The Morgan fingerprint density at radius 1 is 1.37 bits per heavy atom. The molecule has 1 aromatic carbocycles. The molecule has 1 aromatic rings. The van der Waals surface area contributed by atoms with E-state index in [1.165, 1.54) is 21.3 Å². The molecule has 30 heavy (non-hydrogen) atoms. The fourth-order valence-electron chi connectivity index (χ4n) is 3.43. The van der Waals surface area contributed by atoms with Crippen LogP contribution in [0.1, 0.15) is 17.9 Å². The molecule has 3 rings (SSSR count). The van der Waals surface area contributed by atoms with Gasteiger partial charge in [0.2, 0.25) is 5.91 Å². The number of fused-ring (bicyclic) bond motifs is 1. The largest absolute Gasteiger partial charge is 0.497 e. The Morgan fingerprint density at radius 3 is 2.70 bits per heavy atom. The van der Waals surface area contributed by atoms with Gasteiger partial charge in [-0.1, -0.05) is 23.9 Å². The number of hydrogen-bond acceptors (Lipinski definition) is 8. The Balaban J connectivity index is 2.21. The lowest BCUT2D eigenvalue weighted by Gasteiger charge is -2.32. The summed E-state index contributed by atoms with van der Waals surface area (Å²) in [6, 6.07) is 9.00. The lowest BCUT2D eigenvalue weighted by molar-refractivity contribution is -0.142. The molecule has 3 N–H and O–H groups in total. The van der Waals surface area contributed by atoms with Crippen LogP contribution in [-0.2, 0) is 19.1 Å². The van der Waals surface area contributed by atoms with Crippen molar-refractivity contribution < 1.29 is 23.9 Å². The molecule has 2 aliphatic rings. The molecule has 2 heterocycles. The van der Waals surface area contributed by atoms with Gasteiger partial charge in [-0.3, -0.25) is 19.3 Å². The summed E-state index contributed by atoms with van der Waals surface area (Å²) >= 11 is 1.06. The van der Waals surface area contributed by atoms with Crippen LogP contribution < -0.4 is 15.8 Å². The lowest BCUT2D eigenvalue weighted by atomic mass is 9.82. The van der Waals surface area contributed by atoms with E-state index in [-0.39, 0.29) is 23.4 Å². The van der Waals surface area contributed by atoms with E-state index in [1.54, 1.807) is 24.3 Å². The van der Waals surface area contributed by atoms with Crippen LogP contribution in [0.3, 0.4) is 0 Å². The molecule has 2 aliphatic heterocycles. The minimum atomic E-state index is -0.811. The summed E-state index contributed by atoms with van der Waals surface area (Å²) in [5.74, 6) is -1.80. The molecule has 2 amide bonds. The third kappa shape index (κ3) is 3.48. The number of methoxy groups -OCH3 is 2. The second-order valence-corrected chi connectivity index (χ2v) is 7.67. The predicted molar refractivity (Wildman–Crippen MR) is 109 cm³/mol. The maximum absolute atomic E-state index is 13.0. The zero-order valence-electron chi connectivity index (χ0n) is 16.6. The van der Waals surface area contributed by atoms with E-state index in [9.17, 15) is 19.6 Å². The number of nitrogens with zero attached hydrogens (tertiary/aromatic N) is 2. The minimum Gasteiger partial charge on any atom is -0.497 e. The average molecular weight is 428 g/mol. The van der Waals surface area contributed by atoms with E-state index in [1.807, 2.05) is 0 Å². The number of nitrogens with two attached hydrogens (primary N) is 1. The molecule has 0 bridgehead atoms. The van der Waals surface area contributed by atoms with Crippen molar-refractivity contribution in [3.63, 3.8) is 0 Å². The van der Waals surface area contributed by atoms with E-state index in [2.05, 4.69) is 16.1 Å². The van der Waals surface area contributed by atoms with Crippen LogP contribution in [-0.4, -0.2) is 49.2 Å². The number of nitrogens with one attached hydrogen (secondary N) is 1. The smallest absolute Gasteiger partial charge is 0.307 e. The minimum absolute atomic E-state index is 0.0576. The van der Waals surface area contributed by atoms with Crippen molar-refractivity contribution >= 4 is 29.5 Å². The monoisotopic (exact) mass is 428 g/mol. The number of ether oxygens (including phenoxy) is 2. The highest BCUT2D eigenvalue weighted by Crippen LogP contribution is 2.50. The standard InChI is InChI=1S/C20H20N4O5S/c1-23-18(26)16-15(10-5-4-6-11(7-10)28-2)12(9-21)17(22)24-19(27)13(30-20(16)24)8-14(25)29-3/h4-7,13,15H,8,22H2,1-3H3,(H,23,26)/t13-,15+/m1/s1. The normalized spacial score (nSPS) is 20.6. The van der Waals surface area contributed by atoms with E-state index in [0.29, 0.717) is 16.3 Å². The van der Waals surface area contributed by atoms with Crippen LogP contribution >= 0.6 is 11.8 Å². The molecule has 2 atom stereocenters. The third-order valence-electron chi connectivity index (χ3n) is 4.88. The molecule has 0 aromatic heterocycles. The van der Waals surface area contributed by atoms with Gasteiger partial charge in [0, 0.05) is 7.05 Å². The van der Waals surface area contributed by atoms with Crippen molar-refractivity contribution in [2.45, 2.75) is 17.6 Å². The zero-order valence-corrected chi connectivity index (χ0v) is 17.4. The SMILES string of the molecule is CNC(=O)C1=C2S[C@H](CC(=O)OC)C(=O)N2C(N)=C(C#N)[C@@H]1c1cccc(OC)c1. The van der Waals surface area contributed by atoms with Gasteiger partial charge in [0.25, 0.3) is 5.91 Å². The first kappa shape index (κ1) is 21.3. The number of likely N-dealkylation sites (N-methyl/N-ethyl adjacent to an activating group) is 1. The van der Waals surface area contributed by atoms with Gasteiger partial charge >= 0.3 is 5.97 Å². The molecule has 1 saturated heterocycles. The number of nitriles is 1. The van der Waals surface area contributed by atoms with Crippen LogP contribution in [0.15, 0.2) is 46.3 Å². The number of allylic oxidation sites excluding steroid dienone is 1. The van der Waals surface area contributed by atoms with E-state index in [0.717, 1.165) is 16.7 Å². The summed E-state index contributed by atoms with van der Waals surface area (Å²) in [5.41, 5.74) is 7.12. The number of thioether (sulfide) groups is 1. The number of esters is 1. The summed E-state index contributed by atoms with van der Waals surface area (Å²) in [6.45, 7) is 0. The van der Waals surface area contributed by atoms with Crippen LogP contribution in [0, 0.1) is 11.3 Å². The van der Waals surface area contributed by atoms with Gasteiger partial charge in [-0.2, -0.15) is 5.26 Å². The molecule has 0 saturated carbocycles. The van der Waals surface area contributed by atoms with Crippen molar-refractivity contribution in [1.29, 1.82) is 5.26 Å². The van der Waals surface area contributed by atoms with E-state index < -0.39 is 29.0 Å². The van der Waals surface area contributed by atoms with Crippen molar-refractivity contribution in [2.24, 2.45) is 5.73 Å². The number of rotatable bonds is 5. The molecular formula is C20H20N4O5S. The second kappa shape index (κ2) is 8.51. The van der Waals surface area contributed by atoms with E-state index in [4.69, 9.17) is 10.5 Å². The summed E-state index contributed by atoms with van der Waals surface area (Å²) in [4.78, 5) is 38.7. The Morgan fingerprint density at radius 2 is 2.10 bits per heavy atom. The summed E-state index contributed by atoms with van der Waals surface area (Å²) in [5, 5.41) is 11.9. The van der Waals surface area contributed by atoms with Crippen molar-refractivity contribution in [3.05, 3.63) is 51.8 Å². The first-order valence-corrected chi connectivity index (χ1v) is 9.83. The number of benzene rings is 1. The zero-order chi connectivity index (χ0) is 22.0. The number of amides is 2. The van der Waals surface area contributed by atoms with Crippen LogP contribution in [0.2, 0.25) is 0 Å². The molecule has 0 radical (unpaired) electrons. The quantitative estimate of drug-likeness (QED) is 0.662. The van der Waals surface area contributed by atoms with Gasteiger partial charge < -0.3 is 20.5 Å². The van der Waals surface area contributed by atoms with Gasteiger partial charge in [0.05, 0.1) is 48.8 Å². The lowest BCUT2D eigenvalue weighted by Crippen LogP contribution is -2.39. The van der Waals surface area contributed by atoms with Gasteiger partial charge in [-0.15, -0.1) is 0 Å². The molecule has 0 aliphatic carbocycles. The molecule has 0 unspecified atom stereocenters. The molecule has 10 heteroatoms. The molecular weight excluding hydrogens is 408 g/mol. The highest BCUT2D eigenvalue weighted by Gasteiger charge is 2.48. The highest BCUT2D eigenvalue weighted by molar-refractivity contribution is 8.04. The fourth-order valence-corrected chi connectivity index (χ4v) is 4.76. The Hall–Kier alpha value is -3.45. The molecule has 9 nitrogen and oxygen atoms in total. The second-order valence-electron chi connectivity index (χ2n) is 6.48. The van der Waals surface area contributed by atoms with Crippen LogP contribution in [0.25, 0.3) is 0 Å². The van der Waals surface area contributed by atoms with E-state index >= 15 is 0 Å². The summed E-state index contributed by atoms with van der Waals surface area (Å²) in [7, 11) is 4.21. The van der Waals surface area contributed by atoms with Gasteiger partial charge in [0.1, 0.15) is 16.8 Å². The molecule has 1 fully saturated rings. The molecule has 0 spiro atoms. The Labute approximate surface area is 177 Å². The summed E-state index contributed by atoms with van der Waals surface area (Å²) in [6.07, 6.45) is -0.181. The predicted octanol–water partition coefficient (Wildman–Crippen LogP) is 0.951. The highest BCUT2D eigenvalue weighted by atomic mass is 32.2. The maximum Gasteiger partial charge on any atom is 0.307 e. The van der Waals surface area contributed by atoms with Crippen molar-refractivity contribution in [1.82, 2.24) is 10.2 Å². The number of carbonyl (C=O) groups excluding carboxylic acids is 3. The molecule has 156 valence electrons. The van der Waals surface area contributed by atoms with Gasteiger partial charge in [0.15, 0.2) is 0 Å². The number of carbonyl (C=O) groups is 3. The third-order valence-corrected chi connectivity index (χ3v) is 6.15.